The normalized spacial score (nSPS) is 10.5. The zero-order valence-electron chi connectivity index (χ0n) is 15.5. The fraction of sp³-hybridized carbons (Fsp3) is 0.263. The van der Waals surface area contributed by atoms with Crippen molar-refractivity contribution in [3.05, 3.63) is 52.0 Å². The van der Waals surface area contributed by atoms with Crippen LogP contribution in [-0.2, 0) is 16.0 Å². The minimum atomic E-state index is -0.452. The van der Waals surface area contributed by atoms with Gasteiger partial charge in [0.2, 0.25) is 17.7 Å². The highest BCUT2D eigenvalue weighted by atomic mass is 32.1. The summed E-state index contributed by atoms with van der Waals surface area (Å²) in [6, 6.07) is 7.63. The number of benzene rings is 1. The lowest BCUT2D eigenvalue weighted by atomic mass is 10.1. The zero-order chi connectivity index (χ0) is 19.9. The van der Waals surface area contributed by atoms with Crippen LogP contribution in [0, 0.1) is 13.8 Å². The molecule has 2 amide bonds. The molecule has 28 heavy (non-hydrogen) atoms. The van der Waals surface area contributed by atoms with Gasteiger partial charge < -0.3 is 9.15 Å². The molecule has 0 atom stereocenters. The molecule has 0 aliphatic rings. The number of thiophene rings is 1. The Morgan fingerprint density at radius 1 is 1.14 bits per heavy atom. The van der Waals surface area contributed by atoms with Gasteiger partial charge in [0.15, 0.2) is 6.61 Å². The van der Waals surface area contributed by atoms with Crippen molar-refractivity contribution in [2.24, 2.45) is 0 Å². The standard InChI is InChI=1S/C19H20N4O4S/c1-12-3-4-13(2)15(9-12)26-10-17(25)21-20-16(24)5-6-18-22-23-19(27-18)14-7-8-28-11-14/h3-4,7-9,11H,5-6,10H2,1-2H3,(H,20,24)(H,21,25). The van der Waals surface area contributed by atoms with Crippen LogP contribution >= 0.6 is 11.3 Å². The summed E-state index contributed by atoms with van der Waals surface area (Å²) in [7, 11) is 0. The second-order valence-corrected chi connectivity index (χ2v) is 6.95. The predicted octanol–water partition coefficient (Wildman–Crippen LogP) is 2.57. The van der Waals surface area contributed by atoms with E-state index in [1.54, 1.807) is 0 Å². The van der Waals surface area contributed by atoms with Gasteiger partial charge in [-0.2, -0.15) is 11.3 Å². The average Bonchev–Trinajstić information content (AvgIpc) is 3.37. The van der Waals surface area contributed by atoms with Crippen LogP contribution in [0.25, 0.3) is 11.5 Å². The molecule has 0 radical (unpaired) electrons. The molecule has 3 rings (SSSR count). The highest BCUT2D eigenvalue weighted by molar-refractivity contribution is 7.08. The SMILES string of the molecule is Cc1ccc(C)c(OCC(=O)NNC(=O)CCc2nnc(-c3ccsc3)o2)c1. The smallest absolute Gasteiger partial charge is 0.276 e. The molecule has 8 nitrogen and oxygen atoms in total. The molecule has 0 fully saturated rings. The minimum absolute atomic E-state index is 0.101. The van der Waals surface area contributed by atoms with Crippen molar-refractivity contribution in [1.82, 2.24) is 21.0 Å². The predicted molar refractivity (Wildman–Crippen MR) is 104 cm³/mol. The average molecular weight is 400 g/mol. The van der Waals surface area contributed by atoms with Crippen molar-refractivity contribution >= 4 is 23.2 Å². The second kappa shape index (κ2) is 9.14. The van der Waals surface area contributed by atoms with E-state index < -0.39 is 5.91 Å². The molecule has 2 N–H and O–H groups in total. The third-order valence-corrected chi connectivity index (χ3v) is 4.53. The van der Waals surface area contributed by atoms with Gasteiger partial charge in [-0.25, -0.2) is 0 Å². The number of nitrogens with zero attached hydrogens (tertiary/aromatic N) is 2. The van der Waals surface area contributed by atoms with E-state index in [2.05, 4.69) is 21.0 Å². The van der Waals surface area contributed by atoms with Gasteiger partial charge in [-0.15, -0.1) is 10.2 Å². The van der Waals surface area contributed by atoms with Crippen molar-refractivity contribution < 1.29 is 18.7 Å². The maximum absolute atomic E-state index is 11.9. The molecule has 9 heteroatoms. The van der Waals surface area contributed by atoms with Crippen LogP contribution in [0.15, 0.2) is 39.4 Å². The lowest BCUT2D eigenvalue weighted by molar-refractivity contribution is -0.130. The maximum Gasteiger partial charge on any atom is 0.276 e. The molecule has 0 saturated carbocycles. The van der Waals surface area contributed by atoms with E-state index >= 15 is 0 Å². The number of hydrazine groups is 1. The Morgan fingerprint density at radius 2 is 1.96 bits per heavy atom. The third-order valence-electron chi connectivity index (χ3n) is 3.84. The Bertz CT molecular complexity index is 953. The van der Waals surface area contributed by atoms with E-state index in [0.29, 0.717) is 17.5 Å². The van der Waals surface area contributed by atoms with E-state index in [9.17, 15) is 9.59 Å². The monoisotopic (exact) mass is 400 g/mol. The van der Waals surface area contributed by atoms with E-state index in [4.69, 9.17) is 9.15 Å². The van der Waals surface area contributed by atoms with Crippen LogP contribution in [0.4, 0.5) is 0 Å². The van der Waals surface area contributed by atoms with Crippen molar-refractivity contribution in [3.8, 4) is 17.2 Å². The number of carbonyl (C=O) groups is 2. The molecule has 3 aromatic rings. The number of ether oxygens (including phenoxy) is 1. The van der Waals surface area contributed by atoms with Gasteiger partial charge >= 0.3 is 0 Å². The first-order chi connectivity index (χ1) is 13.5. The Balaban J connectivity index is 1.38. The van der Waals surface area contributed by atoms with Gasteiger partial charge in [-0.3, -0.25) is 20.4 Å². The summed E-state index contributed by atoms with van der Waals surface area (Å²) < 4.78 is 11.0. The van der Waals surface area contributed by atoms with Crippen LogP contribution in [0.1, 0.15) is 23.4 Å². The van der Waals surface area contributed by atoms with E-state index in [1.807, 2.05) is 48.9 Å². The maximum atomic E-state index is 11.9. The number of hydrogen-bond donors (Lipinski definition) is 2. The number of amides is 2. The van der Waals surface area contributed by atoms with Crippen molar-refractivity contribution in [3.63, 3.8) is 0 Å². The van der Waals surface area contributed by atoms with Gasteiger partial charge in [0.05, 0.1) is 0 Å². The number of aromatic nitrogens is 2. The first kappa shape index (κ1) is 19.6. The van der Waals surface area contributed by atoms with Gasteiger partial charge in [-0.05, 0) is 42.5 Å². The quantitative estimate of drug-likeness (QED) is 0.591. The number of aryl methyl sites for hydroxylation is 3. The van der Waals surface area contributed by atoms with E-state index in [0.717, 1.165) is 16.7 Å². The second-order valence-electron chi connectivity index (χ2n) is 6.17. The van der Waals surface area contributed by atoms with Gasteiger partial charge in [-0.1, -0.05) is 12.1 Å². The molecule has 146 valence electrons. The Hall–Kier alpha value is -3.20. The molecular weight excluding hydrogens is 380 g/mol. The summed E-state index contributed by atoms with van der Waals surface area (Å²) >= 11 is 1.53. The Morgan fingerprint density at radius 3 is 2.75 bits per heavy atom. The summed E-state index contributed by atoms with van der Waals surface area (Å²) in [6.07, 6.45) is 0.376. The first-order valence-electron chi connectivity index (χ1n) is 8.64. The Kier molecular flexibility index (Phi) is 6.38. The van der Waals surface area contributed by atoms with E-state index in [1.165, 1.54) is 11.3 Å². The van der Waals surface area contributed by atoms with Crippen LogP contribution < -0.4 is 15.6 Å². The summed E-state index contributed by atoms with van der Waals surface area (Å²) in [6.45, 7) is 3.65. The molecule has 0 aliphatic carbocycles. The largest absolute Gasteiger partial charge is 0.483 e. The molecule has 0 unspecified atom stereocenters. The summed E-state index contributed by atoms with van der Waals surface area (Å²) in [5.74, 6) is 0.607. The van der Waals surface area contributed by atoms with Gasteiger partial charge in [0, 0.05) is 23.8 Å². The highest BCUT2D eigenvalue weighted by Crippen LogP contribution is 2.21. The minimum Gasteiger partial charge on any atom is -0.483 e. The highest BCUT2D eigenvalue weighted by Gasteiger charge is 2.12. The van der Waals surface area contributed by atoms with Gasteiger partial charge in [0.1, 0.15) is 5.75 Å². The van der Waals surface area contributed by atoms with Crippen LogP contribution in [0.2, 0.25) is 0 Å². The summed E-state index contributed by atoms with van der Waals surface area (Å²) in [5.41, 5.74) is 7.49. The lowest BCUT2D eigenvalue weighted by Gasteiger charge is -2.10. The molecule has 2 heterocycles. The molecule has 0 spiro atoms. The van der Waals surface area contributed by atoms with Gasteiger partial charge in [0.25, 0.3) is 5.91 Å². The van der Waals surface area contributed by atoms with Crippen LogP contribution in [-0.4, -0.2) is 28.6 Å². The molecule has 0 aliphatic heterocycles. The molecule has 0 saturated heterocycles. The number of carbonyl (C=O) groups excluding carboxylic acids is 2. The van der Waals surface area contributed by atoms with Crippen molar-refractivity contribution in [2.75, 3.05) is 6.61 Å². The number of hydrogen-bond acceptors (Lipinski definition) is 7. The first-order valence-corrected chi connectivity index (χ1v) is 9.58. The van der Waals surface area contributed by atoms with Crippen molar-refractivity contribution in [2.45, 2.75) is 26.7 Å². The number of nitrogens with one attached hydrogen (secondary N) is 2. The molecule has 0 bridgehead atoms. The fourth-order valence-corrected chi connectivity index (χ4v) is 2.95. The molecule has 1 aromatic carbocycles. The van der Waals surface area contributed by atoms with E-state index in [-0.39, 0.29) is 25.4 Å². The van der Waals surface area contributed by atoms with Crippen molar-refractivity contribution in [1.29, 1.82) is 0 Å². The lowest BCUT2D eigenvalue weighted by Crippen LogP contribution is -2.43. The number of rotatable bonds is 7. The third kappa shape index (κ3) is 5.40. The fourth-order valence-electron chi connectivity index (χ4n) is 2.32. The Labute approximate surface area is 165 Å². The van der Waals surface area contributed by atoms with Crippen LogP contribution in [0.3, 0.4) is 0 Å². The summed E-state index contributed by atoms with van der Waals surface area (Å²) in [4.78, 5) is 23.7. The molecular formula is C19H20N4O4S. The summed E-state index contributed by atoms with van der Waals surface area (Å²) in [5, 5.41) is 11.7. The molecule has 2 aromatic heterocycles. The van der Waals surface area contributed by atoms with Crippen LogP contribution in [0.5, 0.6) is 5.75 Å². The topological polar surface area (TPSA) is 106 Å². The zero-order valence-corrected chi connectivity index (χ0v) is 16.3.